The average Bonchev–Trinajstić information content (AvgIpc) is 2.98. The van der Waals surface area contributed by atoms with Crippen molar-refractivity contribution in [2.45, 2.75) is 64.6 Å². The second-order valence-corrected chi connectivity index (χ2v) is 7.26. The third kappa shape index (κ3) is 6.60. The van der Waals surface area contributed by atoms with Crippen molar-refractivity contribution in [3.05, 3.63) is 18.5 Å². The van der Waals surface area contributed by atoms with Crippen LogP contribution in [0.3, 0.4) is 0 Å². The van der Waals surface area contributed by atoms with E-state index >= 15 is 0 Å². The van der Waals surface area contributed by atoms with Gasteiger partial charge in [-0.1, -0.05) is 12.8 Å². The molecule has 1 amide bonds. The standard InChI is InChI=1S/C17H30N4O2/c1-17(2,3)23-16(22)19-13-14-7-4-5-8-15(14)18-10-12-21-11-6-9-20-21/h6,9,11,14-15,18H,4-5,7-8,10,12-13H2,1-3H3,(H,19,22). The van der Waals surface area contributed by atoms with Crippen LogP contribution in [0.25, 0.3) is 0 Å². The smallest absolute Gasteiger partial charge is 0.407 e. The monoisotopic (exact) mass is 322 g/mol. The van der Waals surface area contributed by atoms with Gasteiger partial charge in [-0.05, 0) is 45.6 Å². The SMILES string of the molecule is CC(C)(C)OC(=O)NCC1CCCCC1NCCn1cccn1. The van der Waals surface area contributed by atoms with Gasteiger partial charge in [0.05, 0.1) is 6.54 Å². The summed E-state index contributed by atoms with van der Waals surface area (Å²) < 4.78 is 7.25. The quantitative estimate of drug-likeness (QED) is 0.844. The number of ether oxygens (including phenoxy) is 1. The Morgan fingerprint density at radius 2 is 2.13 bits per heavy atom. The van der Waals surface area contributed by atoms with E-state index in [9.17, 15) is 4.79 Å². The number of alkyl carbamates (subject to hydrolysis) is 1. The molecule has 1 heterocycles. The Bertz CT molecular complexity index is 467. The largest absolute Gasteiger partial charge is 0.444 e. The van der Waals surface area contributed by atoms with Crippen LogP contribution in [-0.4, -0.2) is 40.6 Å². The van der Waals surface area contributed by atoms with E-state index in [1.807, 2.05) is 37.7 Å². The molecule has 0 bridgehead atoms. The van der Waals surface area contributed by atoms with Crippen molar-refractivity contribution in [3.63, 3.8) is 0 Å². The van der Waals surface area contributed by atoms with E-state index in [1.165, 1.54) is 19.3 Å². The van der Waals surface area contributed by atoms with Crippen LogP contribution in [-0.2, 0) is 11.3 Å². The number of aromatic nitrogens is 2. The molecule has 0 spiro atoms. The first-order valence-electron chi connectivity index (χ1n) is 8.62. The minimum absolute atomic E-state index is 0.321. The minimum atomic E-state index is -0.446. The lowest BCUT2D eigenvalue weighted by Crippen LogP contribution is -2.45. The molecule has 1 fully saturated rings. The lowest BCUT2D eigenvalue weighted by Gasteiger charge is -2.32. The van der Waals surface area contributed by atoms with E-state index in [-0.39, 0.29) is 6.09 Å². The number of hydrogen-bond donors (Lipinski definition) is 2. The summed E-state index contributed by atoms with van der Waals surface area (Å²) in [5.41, 5.74) is -0.446. The van der Waals surface area contributed by atoms with Crippen molar-refractivity contribution < 1.29 is 9.53 Å². The topological polar surface area (TPSA) is 68.2 Å². The van der Waals surface area contributed by atoms with Crippen LogP contribution in [0, 0.1) is 5.92 Å². The second kappa shape index (κ2) is 8.34. The summed E-state index contributed by atoms with van der Waals surface area (Å²) >= 11 is 0. The van der Waals surface area contributed by atoms with Gasteiger partial charge in [0.1, 0.15) is 5.60 Å². The normalized spacial score (nSPS) is 21.9. The van der Waals surface area contributed by atoms with Gasteiger partial charge in [0.2, 0.25) is 0 Å². The van der Waals surface area contributed by atoms with Crippen LogP contribution in [0.15, 0.2) is 18.5 Å². The molecule has 23 heavy (non-hydrogen) atoms. The predicted molar refractivity (Wildman–Crippen MR) is 90.2 cm³/mol. The molecule has 0 saturated heterocycles. The lowest BCUT2D eigenvalue weighted by molar-refractivity contribution is 0.0510. The molecule has 1 aromatic heterocycles. The van der Waals surface area contributed by atoms with E-state index < -0.39 is 5.60 Å². The van der Waals surface area contributed by atoms with Gasteiger partial charge in [-0.2, -0.15) is 5.10 Å². The Hall–Kier alpha value is -1.56. The van der Waals surface area contributed by atoms with Gasteiger partial charge in [0.15, 0.2) is 0 Å². The zero-order valence-corrected chi connectivity index (χ0v) is 14.5. The summed E-state index contributed by atoms with van der Waals surface area (Å²) in [7, 11) is 0. The highest BCUT2D eigenvalue weighted by molar-refractivity contribution is 5.67. The second-order valence-electron chi connectivity index (χ2n) is 7.26. The van der Waals surface area contributed by atoms with E-state index in [0.29, 0.717) is 18.5 Å². The molecule has 2 rings (SSSR count). The number of rotatable bonds is 6. The molecule has 0 radical (unpaired) electrons. The molecule has 130 valence electrons. The molecule has 1 aromatic rings. The first-order chi connectivity index (χ1) is 10.9. The Morgan fingerprint density at radius 1 is 1.35 bits per heavy atom. The van der Waals surface area contributed by atoms with Crippen LogP contribution in [0.1, 0.15) is 46.5 Å². The van der Waals surface area contributed by atoms with Crippen LogP contribution in [0.5, 0.6) is 0 Å². The Kier molecular flexibility index (Phi) is 6.45. The number of nitrogens with one attached hydrogen (secondary N) is 2. The minimum Gasteiger partial charge on any atom is -0.444 e. The van der Waals surface area contributed by atoms with Crippen LogP contribution < -0.4 is 10.6 Å². The van der Waals surface area contributed by atoms with Gasteiger partial charge in [-0.3, -0.25) is 4.68 Å². The van der Waals surface area contributed by atoms with Gasteiger partial charge in [-0.25, -0.2) is 4.79 Å². The summed E-state index contributed by atoms with van der Waals surface area (Å²) in [6.07, 6.45) is 8.26. The van der Waals surface area contributed by atoms with E-state index in [0.717, 1.165) is 19.5 Å². The van der Waals surface area contributed by atoms with Crippen molar-refractivity contribution in [1.82, 2.24) is 20.4 Å². The van der Waals surface area contributed by atoms with E-state index in [4.69, 9.17) is 4.74 Å². The molecular weight excluding hydrogens is 292 g/mol. The fraction of sp³-hybridized carbons (Fsp3) is 0.765. The maximum atomic E-state index is 11.8. The highest BCUT2D eigenvalue weighted by atomic mass is 16.6. The van der Waals surface area contributed by atoms with Crippen molar-refractivity contribution in [3.8, 4) is 0 Å². The predicted octanol–water partition coefficient (Wildman–Crippen LogP) is 2.56. The summed E-state index contributed by atoms with van der Waals surface area (Å²) in [4.78, 5) is 11.8. The number of carbonyl (C=O) groups excluding carboxylic acids is 1. The average molecular weight is 322 g/mol. The van der Waals surface area contributed by atoms with E-state index in [1.54, 1.807) is 6.20 Å². The molecule has 2 atom stereocenters. The van der Waals surface area contributed by atoms with E-state index in [2.05, 4.69) is 15.7 Å². The highest BCUT2D eigenvalue weighted by Gasteiger charge is 2.25. The van der Waals surface area contributed by atoms with Crippen molar-refractivity contribution in [1.29, 1.82) is 0 Å². The number of nitrogens with zero attached hydrogens (tertiary/aromatic N) is 2. The van der Waals surface area contributed by atoms with Crippen LogP contribution >= 0.6 is 0 Å². The fourth-order valence-electron chi connectivity index (χ4n) is 3.05. The lowest BCUT2D eigenvalue weighted by atomic mass is 9.84. The van der Waals surface area contributed by atoms with Gasteiger partial charge in [0, 0.05) is 31.5 Å². The molecule has 1 saturated carbocycles. The summed E-state index contributed by atoms with van der Waals surface area (Å²) in [5, 5.41) is 10.8. The zero-order chi connectivity index (χ0) is 16.7. The van der Waals surface area contributed by atoms with Gasteiger partial charge >= 0.3 is 6.09 Å². The maximum Gasteiger partial charge on any atom is 0.407 e. The first-order valence-corrected chi connectivity index (χ1v) is 8.62. The number of amides is 1. The molecule has 0 aromatic carbocycles. The van der Waals surface area contributed by atoms with Crippen molar-refractivity contribution >= 4 is 6.09 Å². The Morgan fingerprint density at radius 3 is 2.83 bits per heavy atom. The maximum absolute atomic E-state index is 11.8. The third-order valence-electron chi connectivity index (χ3n) is 4.12. The number of hydrogen-bond acceptors (Lipinski definition) is 4. The summed E-state index contributed by atoms with van der Waals surface area (Å²) in [5.74, 6) is 0.467. The van der Waals surface area contributed by atoms with Crippen molar-refractivity contribution in [2.75, 3.05) is 13.1 Å². The van der Waals surface area contributed by atoms with Crippen LogP contribution in [0.4, 0.5) is 4.79 Å². The fourth-order valence-corrected chi connectivity index (χ4v) is 3.05. The molecule has 2 N–H and O–H groups in total. The molecule has 0 aliphatic heterocycles. The molecule has 1 aliphatic rings. The number of carbonyl (C=O) groups is 1. The molecular formula is C17H30N4O2. The molecule has 1 aliphatic carbocycles. The first kappa shape index (κ1) is 17.8. The highest BCUT2D eigenvalue weighted by Crippen LogP contribution is 2.24. The third-order valence-corrected chi connectivity index (χ3v) is 4.12. The van der Waals surface area contributed by atoms with Gasteiger partial charge in [0.25, 0.3) is 0 Å². The molecule has 6 nitrogen and oxygen atoms in total. The molecule has 6 heteroatoms. The Balaban J connectivity index is 1.73. The molecule has 2 unspecified atom stereocenters. The summed E-state index contributed by atoms with van der Waals surface area (Å²) in [6.45, 7) is 8.09. The summed E-state index contributed by atoms with van der Waals surface area (Å²) in [6, 6.07) is 2.39. The van der Waals surface area contributed by atoms with Crippen LogP contribution in [0.2, 0.25) is 0 Å². The van der Waals surface area contributed by atoms with Gasteiger partial charge in [-0.15, -0.1) is 0 Å². The Labute approximate surface area is 139 Å². The zero-order valence-electron chi connectivity index (χ0n) is 14.5. The van der Waals surface area contributed by atoms with Crippen molar-refractivity contribution in [2.24, 2.45) is 5.92 Å². The van der Waals surface area contributed by atoms with Gasteiger partial charge < -0.3 is 15.4 Å².